The van der Waals surface area contributed by atoms with E-state index in [1.54, 1.807) is 6.92 Å². The Hall–Kier alpha value is -1.32. The summed E-state index contributed by atoms with van der Waals surface area (Å²) in [7, 11) is 0. The van der Waals surface area contributed by atoms with E-state index < -0.39 is 11.9 Å². The Morgan fingerprint density at radius 2 is 2.00 bits per heavy atom. The van der Waals surface area contributed by atoms with Gasteiger partial charge in [0.2, 0.25) is 0 Å². The van der Waals surface area contributed by atoms with Crippen molar-refractivity contribution in [2.45, 2.75) is 39.5 Å². The highest BCUT2D eigenvalue weighted by Crippen LogP contribution is 2.07. The number of esters is 2. The first-order chi connectivity index (χ1) is 8.11. The maximum Gasteiger partial charge on any atom is 0.309 e. The zero-order valence-corrected chi connectivity index (χ0v) is 10.7. The molecule has 0 aromatic heterocycles. The van der Waals surface area contributed by atoms with E-state index in [0.717, 1.165) is 19.3 Å². The average molecular weight is 242 g/mol. The summed E-state index contributed by atoms with van der Waals surface area (Å²) in [6, 6.07) is 0. The lowest BCUT2D eigenvalue weighted by atomic mass is 10.1. The van der Waals surface area contributed by atoms with Crippen LogP contribution in [0.15, 0.2) is 12.7 Å². The van der Waals surface area contributed by atoms with E-state index in [2.05, 4.69) is 13.5 Å². The monoisotopic (exact) mass is 242 g/mol. The average Bonchev–Trinajstić information content (AvgIpc) is 2.31. The van der Waals surface area contributed by atoms with Gasteiger partial charge in [0.15, 0.2) is 0 Å². The molecule has 0 amide bonds. The molecule has 0 aliphatic carbocycles. The highest BCUT2D eigenvalue weighted by Gasteiger charge is 2.18. The minimum Gasteiger partial charge on any atom is -0.465 e. The molecule has 98 valence electrons. The molecule has 0 aliphatic heterocycles. The molecule has 0 aromatic rings. The lowest BCUT2D eigenvalue weighted by Crippen LogP contribution is -2.20. The molecule has 4 nitrogen and oxygen atoms in total. The van der Waals surface area contributed by atoms with Crippen molar-refractivity contribution < 1.29 is 19.1 Å². The van der Waals surface area contributed by atoms with E-state index in [1.807, 2.05) is 0 Å². The van der Waals surface area contributed by atoms with Crippen molar-refractivity contribution in [3.8, 4) is 0 Å². The number of carbonyl (C=O) groups is 2. The van der Waals surface area contributed by atoms with Gasteiger partial charge in [-0.25, -0.2) is 0 Å². The molecule has 17 heavy (non-hydrogen) atoms. The third-order valence-corrected chi connectivity index (χ3v) is 2.23. The SMILES string of the molecule is C=CCOC(=O)CC(C)C(=O)OCCCCC. The topological polar surface area (TPSA) is 52.6 Å². The first-order valence-corrected chi connectivity index (χ1v) is 6.05. The predicted molar refractivity (Wildman–Crippen MR) is 65.4 cm³/mol. The first kappa shape index (κ1) is 15.7. The van der Waals surface area contributed by atoms with Crippen LogP contribution in [0, 0.1) is 5.92 Å². The van der Waals surface area contributed by atoms with Crippen LogP contribution in [0.25, 0.3) is 0 Å². The molecule has 0 radical (unpaired) electrons. The largest absolute Gasteiger partial charge is 0.465 e. The zero-order chi connectivity index (χ0) is 13.1. The van der Waals surface area contributed by atoms with Crippen molar-refractivity contribution in [3.05, 3.63) is 12.7 Å². The Labute approximate surface area is 103 Å². The van der Waals surface area contributed by atoms with Crippen LogP contribution >= 0.6 is 0 Å². The summed E-state index contributed by atoms with van der Waals surface area (Å²) < 4.78 is 9.83. The molecule has 4 heteroatoms. The van der Waals surface area contributed by atoms with Crippen LogP contribution in [-0.4, -0.2) is 25.2 Å². The minimum atomic E-state index is -0.450. The van der Waals surface area contributed by atoms with Crippen LogP contribution < -0.4 is 0 Å². The molecule has 1 atom stereocenters. The lowest BCUT2D eigenvalue weighted by Gasteiger charge is -2.10. The first-order valence-electron chi connectivity index (χ1n) is 6.05. The molecule has 0 aliphatic rings. The van der Waals surface area contributed by atoms with Crippen molar-refractivity contribution in [3.63, 3.8) is 0 Å². The van der Waals surface area contributed by atoms with Crippen molar-refractivity contribution in [1.29, 1.82) is 0 Å². The van der Waals surface area contributed by atoms with Gasteiger partial charge in [0.1, 0.15) is 6.61 Å². The zero-order valence-electron chi connectivity index (χ0n) is 10.7. The molecule has 0 fully saturated rings. The second-order valence-corrected chi connectivity index (χ2v) is 3.95. The fourth-order valence-electron chi connectivity index (χ4n) is 1.21. The number of hydrogen-bond donors (Lipinski definition) is 0. The summed E-state index contributed by atoms with van der Waals surface area (Å²) in [4.78, 5) is 22.7. The highest BCUT2D eigenvalue weighted by molar-refractivity contribution is 5.79. The van der Waals surface area contributed by atoms with E-state index in [1.165, 1.54) is 6.08 Å². The predicted octanol–water partition coefficient (Wildman–Crippen LogP) is 2.48. The molecular weight excluding hydrogens is 220 g/mol. The van der Waals surface area contributed by atoms with Gasteiger partial charge in [0.05, 0.1) is 18.9 Å². The second-order valence-electron chi connectivity index (χ2n) is 3.95. The Morgan fingerprint density at radius 3 is 2.59 bits per heavy atom. The molecule has 0 bridgehead atoms. The van der Waals surface area contributed by atoms with Crippen LogP contribution in [0.3, 0.4) is 0 Å². The number of rotatable bonds is 9. The van der Waals surface area contributed by atoms with E-state index in [0.29, 0.717) is 6.61 Å². The number of ether oxygens (including phenoxy) is 2. The van der Waals surface area contributed by atoms with Gasteiger partial charge >= 0.3 is 11.9 Å². The van der Waals surface area contributed by atoms with E-state index >= 15 is 0 Å². The summed E-state index contributed by atoms with van der Waals surface area (Å²) in [5, 5.41) is 0. The van der Waals surface area contributed by atoms with Gasteiger partial charge in [0.25, 0.3) is 0 Å². The van der Waals surface area contributed by atoms with Gasteiger partial charge in [-0.15, -0.1) is 0 Å². The Morgan fingerprint density at radius 1 is 1.29 bits per heavy atom. The summed E-state index contributed by atoms with van der Waals surface area (Å²) in [6.07, 6.45) is 4.55. The molecule has 0 rings (SSSR count). The molecule has 0 saturated carbocycles. The van der Waals surface area contributed by atoms with Crippen LogP contribution in [0.4, 0.5) is 0 Å². The summed E-state index contributed by atoms with van der Waals surface area (Å²) in [5.41, 5.74) is 0. The van der Waals surface area contributed by atoms with Gasteiger partial charge in [-0.3, -0.25) is 9.59 Å². The van der Waals surface area contributed by atoms with Gasteiger partial charge in [-0.1, -0.05) is 39.3 Å². The molecule has 1 unspecified atom stereocenters. The van der Waals surface area contributed by atoms with Gasteiger partial charge in [0, 0.05) is 0 Å². The van der Waals surface area contributed by atoms with Crippen LogP contribution in [0.5, 0.6) is 0 Å². The molecular formula is C13H22O4. The molecule has 0 heterocycles. The van der Waals surface area contributed by atoms with E-state index in [4.69, 9.17) is 9.47 Å². The molecule has 0 N–H and O–H groups in total. The van der Waals surface area contributed by atoms with Crippen molar-refractivity contribution in [2.24, 2.45) is 5.92 Å². The summed E-state index contributed by atoms with van der Waals surface area (Å²) >= 11 is 0. The van der Waals surface area contributed by atoms with Gasteiger partial charge < -0.3 is 9.47 Å². The number of hydrogen-bond acceptors (Lipinski definition) is 4. The number of unbranched alkanes of at least 4 members (excludes halogenated alkanes) is 2. The normalized spacial score (nSPS) is 11.6. The molecule has 0 spiro atoms. The third-order valence-electron chi connectivity index (χ3n) is 2.23. The van der Waals surface area contributed by atoms with Crippen LogP contribution in [-0.2, 0) is 19.1 Å². The fraction of sp³-hybridized carbons (Fsp3) is 0.692. The maximum atomic E-state index is 11.5. The Bertz CT molecular complexity index is 248. The number of carbonyl (C=O) groups excluding carboxylic acids is 2. The third kappa shape index (κ3) is 8.48. The second kappa shape index (κ2) is 9.87. The lowest BCUT2D eigenvalue weighted by molar-refractivity contribution is -0.154. The van der Waals surface area contributed by atoms with Crippen LogP contribution in [0.1, 0.15) is 39.5 Å². The van der Waals surface area contributed by atoms with Crippen molar-refractivity contribution in [2.75, 3.05) is 13.2 Å². The molecule has 0 saturated heterocycles. The van der Waals surface area contributed by atoms with E-state index in [9.17, 15) is 9.59 Å². The standard InChI is InChI=1S/C13H22O4/c1-4-6-7-9-17-13(15)11(3)10-12(14)16-8-5-2/h5,11H,2,4,6-10H2,1,3H3. The smallest absolute Gasteiger partial charge is 0.309 e. The highest BCUT2D eigenvalue weighted by atomic mass is 16.5. The van der Waals surface area contributed by atoms with Crippen molar-refractivity contribution in [1.82, 2.24) is 0 Å². The summed E-state index contributed by atoms with van der Waals surface area (Å²) in [5.74, 6) is -1.19. The minimum absolute atomic E-state index is 0.0560. The quantitative estimate of drug-likeness (QED) is 0.354. The van der Waals surface area contributed by atoms with Crippen LogP contribution in [0.2, 0.25) is 0 Å². The Balaban J connectivity index is 3.72. The van der Waals surface area contributed by atoms with Crippen molar-refractivity contribution >= 4 is 11.9 Å². The van der Waals surface area contributed by atoms with Gasteiger partial charge in [-0.2, -0.15) is 0 Å². The summed E-state index contributed by atoms with van der Waals surface area (Å²) in [6.45, 7) is 7.79. The Kier molecular flexibility index (Phi) is 9.11. The van der Waals surface area contributed by atoms with E-state index in [-0.39, 0.29) is 19.0 Å². The fourth-order valence-corrected chi connectivity index (χ4v) is 1.21. The maximum absolute atomic E-state index is 11.5. The van der Waals surface area contributed by atoms with Gasteiger partial charge in [-0.05, 0) is 6.42 Å². The molecule has 0 aromatic carbocycles.